The minimum absolute atomic E-state index is 0.306. The molecule has 5 nitrogen and oxygen atoms in total. The highest BCUT2D eigenvalue weighted by Crippen LogP contribution is 2.35. The third kappa shape index (κ3) is 4.66. The molecule has 0 saturated heterocycles. The molecule has 4 aromatic carbocycles. The van der Waals surface area contributed by atoms with Gasteiger partial charge in [-0.2, -0.15) is 0 Å². The molecule has 4 rings (SSSR count). The summed E-state index contributed by atoms with van der Waals surface area (Å²) >= 11 is 0. The van der Waals surface area contributed by atoms with E-state index < -0.39 is 10.0 Å². The minimum Gasteiger partial charge on any atom is -0.462 e. The van der Waals surface area contributed by atoms with Gasteiger partial charge >= 0.3 is 5.97 Å². The van der Waals surface area contributed by atoms with Crippen molar-refractivity contribution >= 4 is 32.5 Å². The molecule has 0 aliphatic heterocycles. The SMILES string of the molecule is CCOC(=O)c1cccc(-c2ccc(NS(=O)(=O)c3c(C)c(C)cc(C)c3C)c3ccccc23)c1. The van der Waals surface area contributed by atoms with Crippen molar-refractivity contribution in [2.24, 2.45) is 0 Å². The molecule has 6 heteroatoms. The number of anilines is 1. The van der Waals surface area contributed by atoms with Crippen molar-refractivity contribution < 1.29 is 17.9 Å². The van der Waals surface area contributed by atoms with Gasteiger partial charge in [0.15, 0.2) is 0 Å². The van der Waals surface area contributed by atoms with Gasteiger partial charge in [0.1, 0.15) is 0 Å². The van der Waals surface area contributed by atoms with E-state index in [0.717, 1.165) is 44.2 Å². The van der Waals surface area contributed by atoms with Gasteiger partial charge < -0.3 is 4.74 Å². The van der Waals surface area contributed by atoms with Gasteiger partial charge in [0, 0.05) is 5.39 Å². The molecule has 35 heavy (non-hydrogen) atoms. The van der Waals surface area contributed by atoms with Crippen LogP contribution in [0.4, 0.5) is 5.69 Å². The number of rotatable bonds is 6. The van der Waals surface area contributed by atoms with Crippen molar-refractivity contribution in [3.63, 3.8) is 0 Å². The minimum atomic E-state index is -3.82. The number of carbonyl (C=O) groups excluding carboxylic acids is 1. The van der Waals surface area contributed by atoms with Gasteiger partial charge in [-0.15, -0.1) is 0 Å². The Morgan fingerprint density at radius 3 is 2.14 bits per heavy atom. The molecule has 0 fully saturated rings. The van der Waals surface area contributed by atoms with Crippen LogP contribution >= 0.6 is 0 Å². The first kappa shape index (κ1) is 24.5. The first-order chi connectivity index (χ1) is 16.6. The van der Waals surface area contributed by atoms with Crippen molar-refractivity contribution in [1.82, 2.24) is 0 Å². The molecule has 0 atom stereocenters. The second-order valence-electron chi connectivity index (χ2n) is 8.70. The molecule has 0 aliphatic rings. The maximum Gasteiger partial charge on any atom is 0.338 e. The zero-order valence-corrected chi connectivity index (χ0v) is 21.4. The number of hydrogen-bond acceptors (Lipinski definition) is 4. The highest BCUT2D eigenvalue weighted by Gasteiger charge is 2.23. The first-order valence-electron chi connectivity index (χ1n) is 11.5. The summed E-state index contributed by atoms with van der Waals surface area (Å²) in [5, 5.41) is 1.65. The van der Waals surface area contributed by atoms with Crippen LogP contribution in [0.5, 0.6) is 0 Å². The topological polar surface area (TPSA) is 72.5 Å². The summed E-state index contributed by atoms with van der Waals surface area (Å²) in [5.41, 5.74) is 6.10. The molecule has 0 aromatic heterocycles. The average Bonchev–Trinajstić information content (AvgIpc) is 2.83. The van der Waals surface area contributed by atoms with Crippen LogP contribution in [0.2, 0.25) is 0 Å². The second kappa shape index (κ2) is 9.55. The molecule has 1 N–H and O–H groups in total. The molecule has 0 heterocycles. The van der Waals surface area contributed by atoms with E-state index in [2.05, 4.69) is 4.72 Å². The molecule has 4 aromatic rings. The van der Waals surface area contributed by atoms with E-state index in [0.29, 0.717) is 22.8 Å². The number of nitrogens with one attached hydrogen (secondary N) is 1. The van der Waals surface area contributed by atoms with Crippen LogP contribution in [0, 0.1) is 27.7 Å². The second-order valence-corrected chi connectivity index (χ2v) is 10.3. The predicted octanol–water partition coefficient (Wildman–Crippen LogP) is 6.72. The Morgan fingerprint density at radius 2 is 1.49 bits per heavy atom. The third-order valence-corrected chi connectivity index (χ3v) is 8.06. The smallest absolute Gasteiger partial charge is 0.338 e. The fourth-order valence-corrected chi connectivity index (χ4v) is 6.15. The van der Waals surface area contributed by atoms with E-state index in [4.69, 9.17) is 4.74 Å². The zero-order chi connectivity index (χ0) is 25.3. The van der Waals surface area contributed by atoms with E-state index in [9.17, 15) is 13.2 Å². The predicted molar refractivity (Wildman–Crippen MR) is 142 cm³/mol. The van der Waals surface area contributed by atoms with Crippen molar-refractivity contribution in [1.29, 1.82) is 0 Å². The largest absolute Gasteiger partial charge is 0.462 e. The lowest BCUT2D eigenvalue weighted by Crippen LogP contribution is -2.17. The van der Waals surface area contributed by atoms with E-state index in [1.54, 1.807) is 25.1 Å². The molecular weight excluding hydrogens is 458 g/mol. The van der Waals surface area contributed by atoms with Gasteiger partial charge in [-0.25, -0.2) is 13.2 Å². The molecule has 0 bridgehead atoms. The van der Waals surface area contributed by atoms with Crippen LogP contribution in [0.25, 0.3) is 21.9 Å². The molecule has 0 spiro atoms. The fraction of sp³-hybridized carbons (Fsp3) is 0.207. The van der Waals surface area contributed by atoms with Crippen molar-refractivity contribution in [3.05, 3.63) is 94.5 Å². The lowest BCUT2D eigenvalue weighted by molar-refractivity contribution is 0.0526. The van der Waals surface area contributed by atoms with Crippen molar-refractivity contribution in [2.45, 2.75) is 39.5 Å². The Morgan fingerprint density at radius 1 is 0.829 bits per heavy atom. The standard InChI is InChI=1S/C29H29NO4S/c1-6-34-29(31)23-11-9-10-22(17-23)24-14-15-27(26-13-8-7-12-25(24)26)30-35(32,33)28-20(4)18(2)16-19(3)21(28)5/h7-17,30H,6H2,1-5H3. The van der Waals surface area contributed by atoms with Gasteiger partial charge in [0.2, 0.25) is 0 Å². The molecule has 0 amide bonds. The van der Waals surface area contributed by atoms with E-state index in [1.807, 2.05) is 76.2 Å². The number of fused-ring (bicyclic) bond motifs is 1. The Kier molecular flexibility index (Phi) is 6.68. The van der Waals surface area contributed by atoms with Crippen LogP contribution in [0.3, 0.4) is 0 Å². The normalized spacial score (nSPS) is 11.5. The van der Waals surface area contributed by atoms with E-state index in [1.165, 1.54) is 0 Å². The van der Waals surface area contributed by atoms with Crippen LogP contribution in [0.15, 0.2) is 71.6 Å². The molecule has 0 saturated carbocycles. The quantitative estimate of drug-likeness (QED) is 0.307. The summed E-state index contributed by atoms with van der Waals surface area (Å²) in [4.78, 5) is 12.6. The summed E-state index contributed by atoms with van der Waals surface area (Å²) in [7, 11) is -3.82. The van der Waals surface area contributed by atoms with Gasteiger partial charge in [-0.3, -0.25) is 4.72 Å². The lowest BCUT2D eigenvalue weighted by atomic mass is 9.96. The van der Waals surface area contributed by atoms with Crippen LogP contribution in [-0.4, -0.2) is 21.0 Å². The summed E-state index contributed by atoms with van der Waals surface area (Å²) in [6.07, 6.45) is 0. The number of esters is 1. The summed E-state index contributed by atoms with van der Waals surface area (Å²) in [6, 6.07) is 20.6. The zero-order valence-electron chi connectivity index (χ0n) is 20.6. The highest BCUT2D eigenvalue weighted by molar-refractivity contribution is 7.92. The van der Waals surface area contributed by atoms with Crippen LogP contribution in [-0.2, 0) is 14.8 Å². The number of aryl methyl sites for hydroxylation is 2. The molecule has 0 aliphatic carbocycles. The number of sulfonamides is 1. The van der Waals surface area contributed by atoms with Crippen LogP contribution < -0.4 is 4.72 Å². The van der Waals surface area contributed by atoms with Crippen molar-refractivity contribution in [2.75, 3.05) is 11.3 Å². The van der Waals surface area contributed by atoms with Crippen LogP contribution in [0.1, 0.15) is 39.5 Å². The van der Waals surface area contributed by atoms with Gasteiger partial charge in [0.05, 0.1) is 22.8 Å². The first-order valence-corrected chi connectivity index (χ1v) is 13.0. The average molecular weight is 488 g/mol. The molecule has 0 unspecified atom stereocenters. The Balaban J connectivity index is 1.82. The van der Waals surface area contributed by atoms with Gasteiger partial charge in [-0.1, -0.05) is 48.5 Å². The Hall–Kier alpha value is -3.64. The van der Waals surface area contributed by atoms with Gasteiger partial charge in [-0.05, 0) is 91.6 Å². The van der Waals surface area contributed by atoms with E-state index >= 15 is 0 Å². The maximum absolute atomic E-state index is 13.6. The summed E-state index contributed by atoms with van der Waals surface area (Å²) in [6.45, 7) is 9.61. The van der Waals surface area contributed by atoms with E-state index in [-0.39, 0.29) is 5.97 Å². The Bertz CT molecular complexity index is 1530. The van der Waals surface area contributed by atoms with Gasteiger partial charge in [0.25, 0.3) is 10.0 Å². The fourth-order valence-electron chi connectivity index (χ4n) is 4.45. The lowest BCUT2D eigenvalue weighted by Gasteiger charge is -2.18. The highest BCUT2D eigenvalue weighted by atomic mass is 32.2. The monoisotopic (exact) mass is 487 g/mol. The molecule has 180 valence electrons. The Labute approximate surface area is 206 Å². The molecular formula is C29H29NO4S. The molecule has 0 radical (unpaired) electrons. The summed E-state index contributed by atoms with van der Waals surface area (Å²) < 4.78 is 35.1. The maximum atomic E-state index is 13.6. The summed E-state index contributed by atoms with van der Waals surface area (Å²) in [5.74, 6) is -0.373. The third-order valence-electron chi connectivity index (χ3n) is 6.42. The number of ether oxygens (including phenoxy) is 1. The number of benzene rings is 4. The number of carbonyl (C=O) groups is 1. The number of hydrogen-bond donors (Lipinski definition) is 1. The van der Waals surface area contributed by atoms with Crippen molar-refractivity contribution in [3.8, 4) is 11.1 Å².